The molecule has 0 saturated carbocycles. The van der Waals surface area contributed by atoms with Crippen LogP contribution in [0, 0.1) is 5.92 Å². The first-order chi connectivity index (χ1) is 10.3. The molecular weight excluding hydrogens is 282 g/mol. The Hall–Kier alpha value is -1.10. The molecule has 2 bridgehead atoms. The average Bonchev–Trinajstić information content (AvgIpc) is 2.41. The molecule has 126 valence electrons. The molecule has 0 spiro atoms. The first-order valence-electron chi connectivity index (χ1n) is 8.35. The Labute approximate surface area is 133 Å². The number of methoxy groups -OCH3 is 1. The van der Waals surface area contributed by atoms with Gasteiger partial charge in [0.25, 0.3) is 0 Å². The predicted molar refractivity (Wildman–Crippen MR) is 83.7 cm³/mol. The molecule has 2 saturated heterocycles. The van der Waals surface area contributed by atoms with Crippen molar-refractivity contribution < 1.29 is 19.1 Å². The van der Waals surface area contributed by atoms with Crippen LogP contribution in [0.2, 0.25) is 0 Å². The summed E-state index contributed by atoms with van der Waals surface area (Å²) in [5, 5.41) is 0. The van der Waals surface area contributed by atoms with Crippen molar-refractivity contribution in [2.24, 2.45) is 5.92 Å². The van der Waals surface area contributed by atoms with Crippen molar-refractivity contribution in [1.29, 1.82) is 0 Å². The number of nitrogens with zero attached hydrogens (tertiary/aromatic N) is 1. The molecule has 2 unspecified atom stereocenters. The van der Waals surface area contributed by atoms with Crippen LogP contribution in [0.25, 0.3) is 0 Å². The minimum Gasteiger partial charge on any atom is -0.444 e. The van der Waals surface area contributed by atoms with E-state index in [-0.39, 0.29) is 29.9 Å². The summed E-state index contributed by atoms with van der Waals surface area (Å²) in [5.74, 6) is 0.353. The Kier molecular flexibility index (Phi) is 5.48. The Balaban J connectivity index is 2.02. The number of ketones is 1. The van der Waals surface area contributed by atoms with E-state index in [9.17, 15) is 9.59 Å². The molecule has 2 rings (SSSR count). The molecule has 0 aromatic carbocycles. The van der Waals surface area contributed by atoms with Gasteiger partial charge < -0.3 is 14.4 Å². The second-order valence-electron chi connectivity index (χ2n) is 7.50. The molecule has 0 aromatic heterocycles. The highest BCUT2D eigenvalue weighted by molar-refractivity contribution is 5.81. The van der Waals surface area contributed by atoms with Gasteiger partial charge in [-0.05, 0) is 52.9 Å². The van der Waals surface area contributed by atoms with E-state index in [0.29, 0.717) is 13.0 Å². The molecule has 5 heteroatoms. The van der Waals surface area contributed by atoms with E-state index in [1.165, 1.54) is 0 Å². The first kappa shape index (κ1) is 17.3. The van der Waals surface area contributed by atoms with Gasteiger partial charge in [-0.15, -0.1) is 0 Å². The first-order valence-corrected chi connectivity index (χ1v) is 8.35. The van der Waals surface area contributed by atoms with Gasteiger partial charge in [0.1, 0.15) is 11.4 Å². The van der Waals surface area contributed by atoms with Crippen molar-refractivity contribution >= 4 is 11.9 Å². The number of carbonyl (C=O) groups excluding carboxylic acids is 2. The minimum atomic E-state index is -0.476. The maximum atomic E-state index is 12.5. The lowest BCUT2D eigenvalue weighted by atomic mass is 9.76. The zero-order valence-corrected chi connectivity index (χ0v) is 14.3. The highest BCUT2D eigenvalue weighted by atomic mass is 16.6. The summed E-state index contributed by atoms with van der Waals surface area (Å²) < 4.78 is 10.6. The SMILES string of the molecule is COCCC(=O)C1CC2CCCC(C1)N2C(=O)OC(C)(C)C. The number of hydrogen-bond donors (Lipinski definition) is 0. The van der Waals surface area contributed by atoms with Crippen LogP contribution in [-0.2, 0) is 14.3 Å². The number of carbonyl (C=O) groups is 2. The Morgan fingerprint density at radius 2 is 1.73 bits per heavy atom. The highest BCUT2D eigenvalue weighted by Gasteiger charge is 2.44. The van der Waals surface area contributed by atoms with Crippen molar-refractivity contribution in [1.82, 2.24) is 4.90 Å². The molecule has 22 heavy (non-hydrogen) atoms. The molecule has 2 fully saturated rings. The van der Waals surface area contributed by atoms with Crippen LogP contribution < -0.4 is 0 Å². The normalized spacial score (nSPS) is 28.4. The molecule has 2 aliphatic rings. The fraction of sp³-hybridized carbons (Fsp3) is 0.882. The van der Waals surface area contributed by atoms with E-state index >= 15 is 0 Å². The standard InChI is InChI=1S/C17H29NO4/c1-17(2,3)22-16(20)18-13-6-5-7-14(18)11-12(10-13)15(19)8-9-21-4/h12-14H,5-11H2,1-4H3. The summed E-state index contributed by atoms with van der Waals surface area (Å²) in [5.41, 5.74) is -0.476. The lowest BCUT2D eigenvalue weighted by Gasteiger charge is -2.48. The van der Waals surface area contributed by atoms with E-state index < -0.39 is 5.60 Å². The van der Waals surface area contributed by atoms with E-state index in [1.54, 1.807) is 7.11 Å². The van der Waals surface area contributed by atoms with Crippen LogP contribution in [0.3, 0.4) is 0 Å². The number of rotatable bonds is 4. The monoisotopic (exact) mass is 311 g/mol. The molecular formula is C17H29NO4. The summed E-state index contributed by atoms with van der Waals surface area (Å²) in [6, 6.07) is 0.303. The number of hydrogen-bond acceptors (Lipinski definition) is 4. The average molecular weight is 311 g/mol. The summed E-state index contributed by atoms with van der Waals surface area (Å²) in [4.78, 5) is 26.7. The number of Topliss-reactive ketones (excluding diaryl/α,β-unsaturated/α-hetero) is 1. The Bertz CT molecular complexity index is 401. The topological polar surface area (TPSA) is 55.8 Å². The van der Waals surface area contributed by atoms with Crippen LogP contribution >= 0.6 is 0 Å². The molecule has 0 aliphatic carbocycles. The van der Waals surface area contributed by atoms with Crippen molar-refractivity contribution in [3.05, 3.63) is 0 Å². The molecule has 1 amide bonds. The number of amides is 1. The van der Waals surface area contributed by atoms with Gasteiger partial charge in [0.15, 0.2) is 0 Å². The van der Waals surface area contributed by atoms with E-state index in [0.717, 1.165) is 32.1 Å². The molecule has 0 radical (unpaired) electrons. The van der Waals surface area contributed by atoms with Gasteiger partial charge in [0.2, 0.25) is 0 Å². The van der Waals surface area contributed by atoms with Gasteiger partial charge in [-0.25, -0.2) is 4.79 Å². The van der Waals surface area contributed by atoms with Crippen LogP contribution in [-0.4, -0.2) is 48.2 Å². The van der Waals surface area contributed by atoms with Crippen molar-refractivity contribution in [2.45, 2.75) is 77.0 Å². The third-order valence-electron chi connectivity index (χ3n) is 4.59. The molecule has 5 nitrogen and oxygen atoms in total. The second kappa shape index (κ2) is 6.99. The third kappa shape index (κ3) is 4.22. The van der Waals surface area contributed by atoms with E-state index in [2.05, 4.69) is 0 Å². The zero-order chi connectivity index (χ0) is 16.3. The molecule has 2 aliphatic heterocycles. The van der Waals surface area contributed by atoms with Crippen molar-refractivity contribution in [3.8, 4) is 0 Å². The highest BCUT2D eigenvalue weighted by Crippen LogP contribution is 2.38. The van der Waals surface area contributed by atoms with E-state index in [4.69, 9.17) is 9.47 Å². The maximum absolute atomic E-state index is 12.5. The van der Waals surface area contributed by atoms with Crippen LogP contribution in [0.4, 0.5) is 4.79 Å². The fourth-order valence-corrected chi connectivity index (χ4v) is 3.66. The zero-order valence-electron chi connectivity index (χ0n) is 14.3. The van der Waals surface area contributed by atoms with Gasteiger partial charge in [0, 0.05) is 31.5 Å². The molecule has 0 N–H and O–H groups in total. The lowest BCUT2D eigenvalue weighted by Crippen LogP contribution is -2.56. The molecule has 0 aromatic rings. The Morgan fingerprint density at radius 1 is 1.14 bits per heavy atom. The summed E-state index contributed by atoms with van der Waals surface area (Å²) >= 11 is 0. The summed E-state index contributed by atoms with van der Waals surface area (Å²) in [7, 11) is 1.62. The van der Waals surface area contributed by atoms with Crippen molar-refractivity contribution in [2.75, 3.05) is 13.7 Å². The van der Waals surface area contributed by atoms with Gasteiger partial charge in [-0.3, -0.25) is 4.79 Å². The maximum Gasteiger partial charge on any atom is 0.410 e. The molecule has 2 heterocycles. The second-order valence-corrected chi connectivity index (χ2v) is 7.50. The number of fused-ring (bicyclic) bond motifs is 2. The smallest absolute Gasteiger partial charge is 0.410 e. The molecule has 2 atom stereocenters. The quantitative estimate of drug-likeness (QED) is 0.800. The Morgan fingerprint density at radius 3 is 2.23 bits per heavy atom. The largest absolute Gasteiger partial charge is 0.444 e. The van der Waals surface area contributed by atoms with Crippen LogP contribution in [0.1, 0.15) is 59.3 Å². The van der Waals surface area contributed by atoms with Gasteiger partial charge in [-0.2, -0.15) is 0 Å². The van der Waals surface area contributed by atoms with Crippen molar-refractivity contribution in [3.63, 3.8) is 0 Å². The lowest BCUT2D eigenvalue weighted by molar-refractivity contribution is -0.127. The number of ether oxygens (including phenoxy) is 2. The van der Waals surface area contributed by atoms with Crippen LogP contribution in [0.15, 0.2) is 0 Å². The predicted octanol–water partition coefficient (Wildman–Crippen LogP) is 3.16. The summed E-state index contributed by atoms with van der Waals surface area (Å²) in [6.45, 7) is 6.16. The summed E-state index contributed by atoms with van der Waals surface area (Å²) in [6.07, 6.45) is 4.90. The van der Waals surface area contributed by atoms with Gasteiger partial charge in [0.05, 0.1) is 6.61 Å². The minimum absolute atomic E-state index is 0.0733. The van der Waals surface area contributed by atoms with Crippen LogP contribution in [0.5, 0.6) is 0 Å². The third-order valence-corrected chi connectivity index (χ3v) is 4.59. The fourth-order valence-electron chi connectivity index (χ4n) is 3.66. The van der Waals surface area contributed by atoms with E-state index in [1.807, 2.05) is 25.7 Å². The van der Waals surface area contributed by atoms with Gasteiger partial charge in [-0.1, -0.05) is 0 Å². The van der Waals surface area contributed by atoms with Gasteiger partial charge >= 0.3 is 6.09 Å². The number of piperidine rings is 2.